The van der Waals surface area contributed by atoms with Crippen molar-refractivity contribution in [3.63, 3.8) is 0 Å². The van der Waals surface area contributed by atoms with Crippen molar-refractivity contribution in [3.05, 3.63) is 59.5 Å². The largest absolute Gasteiger partial charge is 0.454 e. The molecule has 1 atom stereocenters. The fourth-order valence-corrected chi connectivity index (χ4v) is 4.51. The normalized spacial score (nSPS) is 18.1. The molecule has 4 heterocycles. The summed E-state index contributed by atoms with van der Waals surface area (Å²) in [5, 5.41) is 1.04. The average Bonchev–Trinajstić information content (AvgIpc) is 3.38. The minimum atomic E-state index is -0.377. The number of ether oxygens (including phenoxy) is 2. The third-order valence-electron chi connectivity index (χ3n) is 4.69. The lowest BCUT2D eigenvalue weighted by atomic mass is 10.2. The van der Waals surface area contributed by atoms with E-state index in [0.717, 1.165) is 5.56 Å². The van der Waals surface area contributed by atoms with Crippen LogP contribution in [0.2, 0.25) is 0 Å². The van der Waals surface area contributed by atoms with Gasteiger partial charge in [0.25, 0.3) is 11.8 Å². The molecule has 0 spiro atoms. The number of imidazole rings is 1. The summed E-state index contributed by atoms with van der Waals surface area (Å²) in [5.41, 5.74) is 5.32. The van der Waals surface area contributed by atoms with Gasteiger partial charge in [-0.15, -0.1) is 11.8 Å². The SMILES string of the molecule is Cc1nc2ccccn2c1C(=O)NN1C(=O)CSC1c1ccc2c(c1)OCO2. The molecule has 1 N–H and O–H groups in total. The Hall–Kier alpha value is -3.20. The van der Waals surface area contributed by atoms with Crippen LogP contribution in [0.1, 0.15) is 27.1 Å². The van der Waals surface area contributed by atoms with Gasteiger partial charge < -0.3 is 9.47 Å². The highest BCUT2D eigenvalue weighted by Gasteiger charge is 2.36. The number of thioether (sulfide) groups is 1. The number of pyridine rings is 1. The number of benzene rings is 1. The molecule has 1 saturated heterocycles. The van der Waals surface area contributed by atoms with Crippen molar-refractivity contribution in [3.8, 4) is 11.5 Å². The summed E-state index contributed by atoms with van der Waals surface area (Å²) >= 11 is 1.45. The average molecular weight is 396 g/mol. The predicted molar refractivity (Wildman–Crippen MR) is 102 cm³/mol. The third kappa shape index (κ3) is 2.66. The lowest BCUT2D eigenvalue weighted by Crippen LogP contribution is -2.45. The molecule has 0 bridgehead atoms. The zero-order chi connectivity index (χ0) is 19.3. The van der Waals surface area contributed by atoms with E-state index >= 15 is 0 Å². The predicted octanol–water partition coefficient (Wildman–Crippen LogP) is 2.29. The van der Waals surface area contributed by atoms with E-state index in [-0.39, 0.29) is 29.7 Å². The van der Waals surface area contributed by atoms with Crippen LogP contribution in [0.15, 0.2) is 42.6 Å². The van der Waals surface area contributed by atoms with Gasteiger partial charge in [0, 0.05) is 6.20 Å². The van der Waals surface area contributed by atoms with Crippen molar-refractivity contribution in [2.75, 3.05) is 12.5 Å². The van der Waals surface area contributed by atoms with Gasteiger partial charge in [-0.3, -0.25) is 19.4 Å². The van der Waals surface area contributed by atoms with Gasteiger partial charge in [-0.05, 0) is 36.8 Å². The van der Waals surface area contributed by atoms with Crippen LogP contribution in [0.4, 0.5) is 0 Å². The molecule has 142 valence electrons. The summed E-state index contributed by atoms with van der Waals surface area (Å²) in [4.78, 5) is 29.9. The molecule has 3 aromatic rings. The van der Waals surface area contributed by atoms with Crippen LogP contribution in [0.25, 0.3) is 5.65 Å². The van der Waals surface area contributed by atoms with Crippen molar-refractivity contribution in [1.29, 1.82) is 0 Å². The molecular weight excluding hydrogens is 380 g/mol. The fourth-order valence-electron chi connectivity index (χ4n) is 3.41. The number of nitrogens with one attached hydrogen (secondary N) is 1. The Morgan fingerprint density at radius 2 is 2.11 bits per heavy atom. The van der Waals surface area contributed by atoms with Crippen LogP contribution in [-0.2, 0) is 4.79 Å². The van der Waals surface area contributed by atoms with Gasteiger partial charge in [0.1, 0.15) is 16.7 Å². The summed E-state index contributed by atoms with van der Waals surface area (Å²) < 4.78 is 12.5. The Morgan fingerprint density at radius 3 is 3.00 bits per heavy atom. The van der Waals surface area contributed by atoms with E-state index in [9.17, 15) is 9.59 Å². The van der Waals surface area contributed by atoms with Gasteiger partial charge >= 0.3 is 0 Å². The summed E-state index contributed by atoms with van der Waals surface area (Å²) in [6.07, 6.45) is 1.78. The number of carbonyl (C=O) groups is 2. The second kappa shape index (κ2) is 6.45. The number of rotatable bonds is 3. The molecule has 28 heavy (non-hydrogen) atoms. The summed E-state index contributed by atoms with van der Waals surface area (Å²) in [6, 6.07) is 11.1. The minimum absolute atomic E-state index is 0.160. The number of fused-ring (bicyclic) bond motifs is 2. The second-order valence-corrected chi connectivity index (χ2v) is 7.52. The minimum Gasteiger partial charge on any atom is -0.454 e. The molecule has 0 saturated carbocycles. The smallest absolute Gasteiger partial charge is 0.288 e. The zero-order valence-electron chi connectivity index (χ0n) is 14.9. The zero-order valence-corrected chi connectivity index (χ0v) is 15.7. The summed E-state index contributed by atoms with van der Waals surface area (Å²) in [5.74, 6) is 1.06. The van der Waals surface area contributed by atoms with E-state index in [0.29, 0.717) is 28.5 Å². The fraction of sp³-hybridized carbons (Fsp3) is 0.211. The maximum absolute atomic E-state index is 13.0. The number of hydrogen-bond donors (Lipinski definition) is 1. The van der Waals surface area contributed by atoms with Crippen LogP contribution in [-0.4, -0.2) is 38.8 Å². The van der Waals surface area contributed by atoms with Crippen LogP contribution in [0, 0.1) is 6.92 Å². The number of aromatic nitrogens is 2. The Morgan fingerprint density at radius 1 is 1.25 bits per heavy atom. The van der Waals surface area contributed by atoms with Crippen molar-refractivity contribution < 1.29 is 19.1 Å². The Balaban J connectivity index is 1.45. The van der Waals surface area contributed by atoms with Crippen molar-refractivity contribution in [1.82, 2.24) is 19.8 Å². The Kier molecular flexibility index (Phi) is 3.90. The van der Waals surface area contributed by atoms with E-state index in [4.69, 9.17) is 9.47 Å². The quantitative estimate of drug-likeness (QED) is 0.731. The first-order valence-electron chi connectivity index (χ1n) is 8.70. The first-order chi connectivity index (χ1) is 13.6. The molecule has 8 nitrogen and oxygen atoms in total. The second-order valence-electron chi connectivity index (χ2n) is 6.46. The summed E-state index contributed by atoms with van der Waals surface area (Å²) in [7, 11) is 0. The number of nitrogens with zero attached hydrogens (tertiary/aromatic N) is 3. The Bertz CT molecular complexity index is 1110. The summed E-state index contributed by atoms with van der Waals surface area (Å²) in [6.45, 7) is 1.96. The topological polar surface area (TPSA) is 85.2 Å². The van der Waals surface area contributed by atoms with Gasteiger partial charge in [0.2, 0.25) is 6.79 Å². The van der Waals surface area contributed by atoms with Gasteiger partial charge in [0.15, 0.2) is 11.5 Å². The molecule has 9 heteroatoms. The lowest BCUT2D eigenvalue weighted by Gasteiger charge is -2.24. The van der Waals surface area contributed by atoms with Gasteiger partial charge in [0.05, 0.1) is 11.4 Å². The molecule has 2 amide bonds. The number of hydrazine groups is 1. The maximum Gasteiger partial charge on any atom is 0.288 e. The number of carbonyl (C=O) groups excluding carboxylic acids is 2. The van der Waals surface area contributed by atoms with Crippen LogP contribution in [0.5, 0.6) is 11.5 Å². The molecule has 1 fully saturated rings. The maximum atomic E-state index is 13.0. The van der Waals surface area contributed by atoms with Crippen LogP contribution in [0.3, 0.4) is 0 Å². The Labute approximate surface area is 164 Å². The lowest BCUT2D eigenvalue weighted by molar-refractivity contribution is -0.130. The highest BCUT2D eigenvalue weighted by atomic mass is 32.2. The monoisotopic (exact) mass is 396 g/mol. The van der Waals surface area contributed by atoms with E-state index in [1.165, 1.54) is 16.8 Å². The standard InChI is InChI=1S/C19H16N4O4S/c1-11-17(22-7-3-2-4-15(22)20-11)18(25)21-23-16(24)9-28-19(23)12-5-6-13-14(8-12)27-10-26-13/h2-8,19H,9-10H2,1H3,(H,21,25). The van der Waals surface area contributed by atoms with E-state index < -0.39 is 0 Å². The van der Waals surface area contributed by atoms with E-state index in [2.05, 4.69) is 10.4 Å². The molecule has 2 aliphatic rings. The first-order valence-corrected chi connectivity index (χ1v) is 9.74. The van der Waals surface area contributed by atoms with Gasteiger partial charge in [-0.1, -0.05) is 12.1 Å². The first kappa shape index (κ1) is 16.9. The van der Waals surface area contributed by atoms with Gasteiger partial charge in [-0.25, -0.2) is 9.99 Å². The molecular formula is C19H16N4O4S. The molecule has 2 aromatic heterocycles. The molecule has 0 radical (unpaired) electrons. The number of hydrogen-bond acceptors (Lipinski definition) is 6. The molecule has 5 rings (SSSR count). The van der Waals surface area contributed by atoms with Crippen molar-refractivity contribution in [2.24, 2.45) is 0 Å². The molecule has 1 aromatic carbocycles. The van der Waals surface area contributed by atoms with Crippen LogP contribution < -0.4 is 14.9 Å². The molecule has 0 aliphatic carbocycles. The van der Waals surface area contributed by atoms with Crippen molar-refractivity contribution in [2.45, 2.75) is 12.3 Å². The van der Waals surface area contributed by atoms with E-state index in [1.54, 1.807) is 17.5 Å². The number of aryl methyl sites for hydroxylation is 1. The molecule has 1 unspecified atom stereocenters. The number of amides is 2. The molecule has 2 aliphatic heterocycles. The highest BCUT2D eigenvalue weighted by Crippen LogP contribution is 2.41. The van der Waals surface area contributed by atoms with E-state index in [1.807, 2.05) is 36.4 Å². The van der Waals surface area contributed by atoms with Gasteiger partial charge in [-0.2, -0.15) is 0 Å². The van der Waals surface area contributed by atoms with Crippen LogP contribution >= 0.6 is 11.8 Å². The third-order valence-corrected chi connectivity index (χ3v) is 5.90. The van der Waals surface area contributed by atoms with Crippen molar-refractivity contribution >= 4 is 29.2 Å². The highest BCUT2D eigenvalue weighted by molar-refractivity contribution is 8.00.